The Morgan fingerprint density at radius 3 is 2.86 bits per heavy atom. The minimum absolute atomic E-state index is 0.0655. The van der Waals surface area contributed by atoms with E-state index in [9.17, 15) is 13.2 Å². The molecule has 0 radical (unpaired) electrons. The third-order valence-electron chi connectivity index (χ3n) is 3.55. The average molecular weight is 312 g/mol. The number of amides is 1. The van der Waals surface area contributed by atoms with Gasteiger partial charge in [0.15, 0.2) is 0 Å². The van der Waals surface area contributed by atoms with Gasteiger partial charge in [-0.05, 0) is 18.1 Å². The number of rotatable bonds is 5. The third kappa shape index (κ3) is 3.95. The summed E-state index contributed by atoms with van der Waals surface area (Å²) in [6, 6.07) is 7.83. The van der Waals surface area contributed by atoms with E-state index in [4.69, 9.17) is 4.74 Å². The van der Waals surface area contributed by atoms with Gasteiger partial charge >= 0.3 is 0 Å². The van der Waals surface area contributed by atoms with Crippen molar-refractivity contribution >= 4 is 21.6 Å². The average Bonchev–Trinajstić information content (AvgIpc) is 2.44. The molecule has 0 spiro atoms. The summed E-state index contributed by atoms with van der Waals surface area (Å²) in [6.07, 6.45) is 0.548. The molecule has 1 N–H and O–H groups in total. The van der Waals surface area contributed by atoms with E-state index < -0.39 is 15.9 Å². The van der Waals surface area contributed by atoms with Crippen LogP contribution in [0.2, 0.25) is 0 Å². The lowest BCUT2D eigenvalue weighted by molar-refractivity contribution is -0.123. The lowest BCUT2D eigenvalue weighted by atomic mass is 9.92. The highest BCUT2D eigenvalue weighted by Gasteiger charge is 2.29. The first-order valence-electron chi connectivity index (χ1n) is 6.75. The molecule has 1 aromatic carbocycles. The van der Waals surface area contributed by atoms with E-state index in [1.807, 2.05) is 36.2 Å². The molecule has 7 heteroatoms. The van der Waals surface area contributed by atoms with Gasteiger partial charge in [0.1, 0.15) is 0 Å². The lowest BCUT2D eigenvalue weighted by Crippen LogP contribution is -2.44. The second-order valence-corrected chi connectivity index (χ2v) is 7.03. The molecule has 2 rings (SSSR count). The fraction of sp³-hybridized carbons (Fsp3) is 0.500. The molecular weight excluding hydrogens is 292 g/mol. The molecule has 0 bridgehead atoms. The minimum atomic E-state index is -3.63. The fourth-order valence-electron chi connectivity index (χ4n) is 2.47. The fourth-order valence-corrected chi connectivity index (χ4v) is 3.43. The van der Waals surface area contributed by atoms with Crippen LogP contribution in [0.3, 0.4) is 0 Å². The molecule has 1 aromatic rings. The first kappa shape index (κ1) is 15.8. The van der Waals surface area contributed by atoms with Crippen LogP contribution >= 0.6 is 0 Å². The maximum atomic E-state index is 12.2. The SMILES string of the molecule is COCCS(=O)(=O)NC(=O)[C@@H]1Cc2ccccc2N(C)C1. The molecule has 21 heavy (non-hydrogen) atoms. The minimum Gasteiger partial charge on any atom is -0.384 e. The van der Waals surface area contributed by atoms with Gasteiger partial charge in [-0.25, -0.2) is 8.42 Å². The number of sulfonamides is 1. The van der Waals surface area contributed by atoms with Crippen LogP contribution in [0.15, 0.2) is 24.3 Å². The van der Waals surface area contributed by atoms with Gasteiger partial charge in [-0.1, -0.05) is 18.2 Å². The predicted octanol–water partition coefficient (Wildman–Crippen LogP) is 0.388. The molecule has 0 aliphatic carbocycles. The molecule has 1 atom stereocenters. The van der Waals surface area contributed by atoms with Crippen molar-refractivity contribution in [3.05, 3.63) is 29.8 Å². The molecule has 0 unspecified atom stereocenters. The summed E-state index contributed by atoms with van der Waals surface area (Å²) in [5.74, 6) is -1.04. The maximum absolute atomic E-state index is 12.2. The van der Waals surface area contributed by atoms with Crippen molar-refractivity contribution in [3.63, 3.8) is 0 Å². The maximum Gasteiger partial charge on any atom is 0.238 e. The topological polar surface area (TPSA) is 75.7 Å². The van der Waals surface area contributed by atoms with E-state index >= 15 is 0 Å². The summed E-state index contributed by atoms with van der Waals surface area (Å²) >= 11 is 0. The standard InChI is InChI=1S/C14H20N2O4S/c1-16-10-12(9-11-5-3-4-6-13(11)16)14(17)15-21(18,19)8-7-20-2/h3-6,12H,7-10H2,1-2H3,(H,15,17)/t12-/m1/s1. The van der Waals surface area contributed by atoms with Crippen molar-refractivity contribution in [2.24, 2.45) is 5.92 Å². The third-order valence-corrected chi connectivity index (χ3v) is 4.76. The summed E-state index contributed by atoms with van der Waals surface area (Å²) in [4.78, 5) is 14.2. The summed E-state index contributed by atoms with van der Waals surface area (Å²) in [5, 5.41) is 0. The van der Waals surface area contributed by atoms with Crippen molar-refractivity contribution in [2.45, 2.75) is 6.42 Å². The van der Waals surface area contributed by atoms with E-state index in [0.29, 0.717) is 13.0 Å². The van der Waals surface area contributed by atoms with Gasteiger partial charge in [0.2, 0.25) is 15.9 Å². The molecule has 0 saturated carbocycles. The zero-order chi connectivity index (χ0) is 15.5. The number of carbonyl (C=O) groups excluding carboxylic acids is 1. The Labute approximate surface area is 125 Å². The second kappa shape index (κ2) is 6.44. The number of fused-ring (bicyclic) bond motifs is 1. The van der Waals surface area contributed by atoms with Crippen LogP contribution < -0.4 is 9.62 Å². The van der Waals surface area contributed by atoms with Gasteiger partial charge in [-0.2, -0.15) is 0 Å². The molecule has 1 heterocycles. The van der Waals surface area contributed by atoms with Gasteiger partial charge in [0.05, 0.1) is 18.3 Å². The van der Waals surface area contributed by atoms with Gasteiger partial charge in [-0.15, -0.1) is 0 Å². The smallest absolute Gasteiger partial charge is 0.238 e. The van der Waals surface area contributed by atoms with Gasteiger partial charge in [-0.3, -0.25) is 9.52 Å². The quantitative estimate of drug-likeness (QED) is 0.851. The second-order valence-electron chi connectivity index (χ2n) is 5.19. The molecule has 0 saturated heterocycles. The number of hydrogen-bond donors (Lipinski definition) is 1. The highest BCUT2D eigenvalue weighted by atomic mass is 32.2. The van der Waals surface area contributed by atoms with Gasteiger partial charge in [0, 0.05) is 26.4 Å². The normalized spacial score (nSPS) is 18.2. The Hall–Kier alpha value is -1.60. The summed E-state index contributed by atoms with van der Waals surface area (Å²) in [7, 11) is -0.309. The highest BCUT2D eigenvalue weighted by molar-refractivity contribution is 7.90. The van der Waals surface area contributed by atoms with Crippen LogP contribution in [0.4, 0.5) is 5.69 Å². The van der Waals surface area contributed by atoms with Crippen LogP contribution in [0.5, 0.6) is 0 Å². The van der Waals surface area contributed by atoms with Crippen LogP contribution in [0, 0.1) is 5.92 Å². The number of nitrogens with one attached hydrogen (secondary N) is 1. The van der Waals surface area contributed by atoms with Crippen molar-refractivity contribution in [1.82, 2.24) is 4.72 Å². The van der Waals surface area contributed by atoms with Crippen LogP contribution in [0.25, 0.3) is 0 Å². The van der Waals surface area contributed by atoms with Crippen molar-refractivity contribution < 1.29 is 17.9 Å². The number of nitrogens with zero attached hydrogens (tertiary/aromatic N) is 1. The monoisotopic (exact) mass is 312 g/mol. The molecule has 0 aromatic heterocycles. The highest BCUT2D eigenvalue weighted by Crippen LogP contribution is 2.28. The predicted molar refractivity (Wildman–Crippen MR) is 80.7 cm³/mol. The summed E-state index contributed by atoms with van der Waals surface area (Å²) < 4.78 is 30.4. The first-order chi connectivity index (χ1) is 9.93. The van der Waals surface area contributed by atoms with Crippen LogP contribution in [-0.2, 0) is 26.0 Å². The zero-order valence-corrected chi connectivity index (χ0v) is 13.0. The van der Waals surface area contributed by atoms with Crippen molar-refractivity contribution in [3.8, 4) is 0 Å². The Balaban J connectivity index is 2.05. The zero-order valence-electron chi connectivity index (χ0n) is 12.2. The van der Waals surface area contributed by atoms with E-state index in [2.05, 4.69) is 4.72 Å². The van der Waals surface area contributed by atoms with E-state index in [1.165, 1.54) is 7.11 Å². The van der Waals surface area contributed by atoms with Crippen molar-refractivity contribution in [1.29, 1.82) is 0 Å². The number of carbonyl (C=O) groups is 1. The molecule has 116 valence electrons. The molecule has 1 aliphatic heterocycles. The van der Waals surface area contributed by atoms with Crippen LogP contribution in [0.1, 0.15) is 5.56 Å². The van der Waals surface area contributed by atoms with Crippen molar-refractivity contribution in [2.75, 3.05) is 38.0 Å². The number of ether oxygens (including phenoxy) is 1. The van der Waals surface area contributed by atoms with E-state index in [1.54, 1.807) is 0 Å². The first-order valence-corrected chi connectivity index (χ1v) is 8.40. The number of anilines is 1. The van der Waals surface area contributed by atoms with E-state index in [-0.39, 0.29) is 18.3 Å². The number of benzene rings is 1. The number of methoxy groups -OCH3 is 1. The Morgan fingerprint density at radius 1 is 1.43 bits per heavy atom. The van der Waals surface area contributed by atoms with E-state index in [0.717, 1.165) is 11.3 Å². The van der Waals surface area contributed by atoms with Crippen LogP contribution in [-0.4, -0.2) is 47.4 Å². The molecule has 1 aliphatic rings. The molecule has 0 fully saturated rings. The summed E-state index contributed by atoms with van der Waals surface area (Å²) in [5.41, 5.74) is 2.14. The largest absolute Gasteiger partial charge is 0.384 e. The Bertz CT molecular complexity index is 615. The molecule has 6 nitrogen and oxygen atoms in total. The van der Waals surface area contributed by atoms with Gasteiger partial charge in [0.25, 0.3) is 0 Å². The Kier molecular flexibility index (Phi) is 4.84. The van der Waals surface area contributed by atoms with Gasteiger partial charge < -0.3 is 9.64 Å². The molecular formula is C14H20N2O4S. The lowest BCUT2D eigenvalue weighted by Gasteiger charge is -2.32. The number of para-hydroxylation sites is 1. The summed E-state index contributed by atoms with van der Waals surface area (Å²) in [6.45, 7) is 0.568. The number of hydrogen-bond acceptors (Lipinski definition) is 5. The molecule has 1 amide bonds. The Morgan fingerprint density at radius 2 is 2.14 bits per heavy atom.